The molecule has 3 aromatic rings. The molecular weight excluding hydrogens is 430 g/mol. The molecule has 0 spiro atoms. The molecule has 15 heteroatoms. The lowest BCUT2D eigenvalue weighted by molar-refractivity contribution is -0.147. The average Bonchev–Trinajstić information content (AvgIpc) is 3.40. The van der Waals surface area contributed by atoms with Gasteiger partial charge in [0, 0.05) is 0 Å². The van der Waals surface area contributed by atoms with E-state index in [-0.39, 0.29) is 22.8 Å². The Balaban J connectivity index is 1.89. The van der Waals surface area contributed by atoms with Crippen molar-refractivity contribution in [1.82, 2.24) is 35.0 Å². The molecular formula is C17H15N7O8. The first-order valence-electron chi connectivity index (χ1n) is 8.86. The molecule has 32 heavy (non-hydrogen) atoms. The number of aromatic nitrogens is 7. The second-order valence-electron chi connectivity index (χ2n) is 6.48. The van der Waals surface area contributed by atoms with Gasteiger partial charge in [-0.25, -0.2) is 23.9 Å². The van der Waals surface area contributed by atoms with Crippen LogP contribution in [0.5, 0.6) is 0 Å². The zero-order chi connectivity index (χ0) is 23.4. The molecule has 3 heterocycles. The number of pyridine rings is 1. The molecule has 0 aliphatic rings. The molecule has 0 aromatic carbocycles. The summed E-state index contributed by atoms with van der Waals surface area (Å²) in [5, 5.41) is 51.2. The molecule has 0 saturated carbocycles. The molecule has 3 rings (SSSR count). The number of carboxylic acid groups (broad SMARTS) is 4. The van der Waals surface area contributed by atoms with E-state index >= 15 is 0 Å². The molecule has 2 unspecified atom stereocenters. The van der Waals surface area contributed by atoms with Gasteiger partial charge in [0.05, 0.1) is 36.6 Å². The normalized spacial score (nSPS) is 12.8. The van der Waals surface area contributed by atoms with E-state index in [1.54, 1.807) is 18.2 Å². The van der Waals surface area contributed by atoms with E-state index in [9.17, 15) is 29.4 Å². The van der Waals surface area contributed by atoms with Gasteiger partial charge in [0.1, 0.15) is 11.4 Å². The second kappa shape index (κ2) is 8.99. The second-order valence-corrected chi connectivity index (χ2v) is 6.48. The highest BCUT2D eigenvalue weighted by atomic mass is 16.4. The van der Waals surface area contributed by atoms with Gasteiger partial charge in [0.2, 0.25) is 0 Å². The molecule has 166 valence electrons. The Bertz CT molecular complexity index is 1100. The number of aliphatic carboxylic acids is 4. The van der Waals surface area contributed by atoms with E-state index in [0.717, 1.165) is 9.36 Å². The topological polar surface area (TPSA) is 224 Å². The summed E-state index contributed by atoms with van der Waals surface area (Å²) >= 11 is 0. The van der Waals surface area contributed by atoms with Gasteiger partial charge in [-0.2, -0.15) is 0 Å². The third kappa shape index (κ3) is 4.89. The Morgan fingerprint density at radius 1 is 0.719 bits per heavy atom. The minimum atomic E-state index is -1.46. The van der Waals surface area contributed by atoms with Crippen LogP contribution in [0.2, 0.25) is 0 Å². The van der Waals surface area contributed by atoms with Gasteiger partial charge in [-0.3, -0.25) is 9.59 Å². The number of carboxylic acids is 4. The molecule has 0 amide bonds. The van der Waals surface area contributed by atoms with Crippen molar-refractivity contribution >= 4 is 23.9 Å². The summed E-state index contributed by atoms with van der Waals surface area (Å²) < 4.78 is 1.81. The Hall–Kier alpha value is -4.69. The molecule has 0 aliphatic carbocycles. The van der Waals surface area contributed by atoms with Gasteiger partial charge in [-0.15, -0.1) is 10.2 Å². The summed E-state index contributed by atoms with van der Waals surface area (Å²) in [6, 6.07) is 1.74. The summed E-state index contributed by atoms with van der Waals surface area (Å²) in [4.78, 5) is 48.8. The smallest absolute Gasteiger partial charge is 0.329 e. The molecule has 4 N–H and O–H groups in total. The van der Waals surface area contributed by atoms with E-state index < -0.39 is 48.8 Å². The maximum atomic E-state index is 11.3. The van der Waals surface area contributed by atoms with Crippen LogP contribution in [0.25, 0.3) is 22.8 Å². The first-order valence-corrected chi connectivity index (χ1v) is 8.86. The largest absolute Gasteiger partial charge is 0.481 e. The number of nitrogens with zero attached hydrogens (tertiary/aromatic N) is 7. The van der Waals surface area contributed by atoms with Gasteiger partial charge in [-0.1, -0.05) is 16.5 Å². The lowest BCUT2D eigenvalue weighted by Crippen LogP contribution is -2.22. The third-order valence-corrected chi connectivity index (χ3v) is 4.24. The van der Waals surface area contributed by atoms with Crippen LogP contribution >= 0.6 is 0 Å². The fraction of sp³-hybridized carbons (Fsp3) is 0.235. The maximum absolute atomic E-state index is 11.3. The fourth-order valence-electron chi connectivity index (χ4n) is 2.73. The van der Waals surface area contributed by atoms with Crippen molar-refractivity contribution in [1.29, 1.82) is 0 Å². The van der Waals surface area contributed by atoms with Crippen molar-refractivity contribution in [3.8, 4) is 22.8 Å². The van der Waals surface area contributed by atoms with Crippen LogP contribution in [0.1, 0.15) is 24.9 Å². The van der Waals surface area contributed by atoms with Gasteiger partial charge >= 0.3 is 23.9 Å². The molecule has 0 bridgehead atoms. The third-order valence-electron chi connectivity index (χ3n) is 4.24. The van der Waals surface area contributed by atoms with Crippen molar-refractivity contribution in [3.05, 3.63) is 30.6 Å². The molecule has 0 radical (unpaired) electrons. The predicted octanol–water partition coefficient (Wildman–Crippen LogP) is -0.201. The van der Waals surface area contributed by atoms with E-state index in [1.807, 2.05) is 0 Å². The molecule has 0 aliphatic heterocycles. The first-order chi connectivity index (χ1) is 15.2. The van der Waals surface area contributed by atoms with Crippen LogP contribution in [0.3, 0.4) is 0 Å². The van der Waals surface area contributed by atoms with Gasteiger partial charge in [0.15, 0.2) is 12.1 Å². The van der Waals surface area contributed by atoms with E-state index in [0.29, 0.717) is 0 Å². The van der Waals surface area contributed by atoms with Crippen LogP contribution in [0.15, 0.2) is 30.6 Å². The van der Waals surface area contributed by atoms with Gasteiger partial charge in [-0.05, 0) is 12.1 Å². The molecule has 2 atom stereocenters. The number of hydrogen-bond donors (Lipinski definition) is 4. The fourth-order valence-corrected chi connectivity index (χ4v) is 2.73. The standard InChI is InChI=1S/C17H15N7O8/c25-14(26)4-12(16(29)30)23-6-10(19-21-23)8-2-1-3-9(18-8)11-7-24(22-20-11)13(17(31)32)5-15(27)28/h1-3,6-7,12-13H,4-5H2,(H,25,26)(H,27,28)(H,29,30)(H,31,32). The Kier molecular flexibility index (Phi) is 6.18. The summed E-state index contributed by atoms with van der Waals surface area (Å²) in [5.41, 5.74) is 0.821. The van der Waals surface area contributed by atoms with Crippen LogP contribution in [-0.2, 0) is 19.2 Å². The monoisotopic (exact) mass is 445 g/mol. The highest BCUT2D eigenvalue weighted by Crippen LogP contribution is 2.22. The Morgan fingerprint density at radius 3 is 1.47 bits per heavy atom. The maximum Gasteiger partial charge on any atom is 0.329 e. The number of hydrogen-bond acceptors (Lipinski definition) is 9. The molecule has 3 aromatic heterocycles. The van der Waals surface area contributed by atoms with E-state index in [1.165, 1.54) is 12.4 Å². The van der Waals surface area contributed by atoms with Crippen LogP contribution in [0, 0.1) is 0 Å². The van der Waals surface area contributed by atoms with Crippen molar-refractivity contribution in [2.45, 2.75) is 24.9 Å². The summed E-state index contributed by atoms with van der Waals surface area (Å²) in [6.07, 6.45) is 1.07. The molecule has 0 saturated heterocycles. The Morgan fingerprint density at radius 2 is 1.12 bits per heavy atom. The highest BCUT2D eigenvalue weighted by molar-refractivity contribution is 5.80. The minimum absolute atomic E-state index is 0.158. The van der Waals surface area contributed by atoms with Crippen LogP contribution < -0.4 is 0 Å². The van der Waals surface area contributed by atoms with Crippen molar-refractivity contribution in [3.63, 3.8) is 0 Å². The quantitative estimate of drug-likeness (QED) is 0.317. The Labute approximate surface area is 177 Å². The SMILES string of the molecule is O=C(O)CC(C(=O)O)n1cc(-c2cccc(-c3cn(C(CC(=O)O)C(=O)O)nn3)n2)nn1. The van der Waals surface area contributed by atoms with E-state index in [2.05, 4.69) is 25.6 Å². The predicted molar refractivity (Wildman–Crippen MR) is 100 cm³/mol. The van der Waals surface area contributed by atoms with Crippen molar-refractivity contribution < 1.29 is 39.6 Å². The summed E-state index contributed by atoms with van der Waals surface area (Å²) in [7, 11) is 0. The minimum Gasteiger partial charge on any atom is -0.481 e. The van der Waals surface area contributed by atoms with Crippen molar-refractivity contribution in [2.24, 2.45) is 0 Å². The van der Waals surface area contributed by atoms with Crippen molar-refractivity contribution in [2.75, 3.05) is 0 Å². The summed E-state index contributed by atoms with van der Waals surface area (Å²) in [6.45, 7) is 0. The highest BCUT2D eigenvalue weighted by Gasteiger charge is 2.26. The molecule has 15 nitrogen and oxygen atoms in total. The van der Waals surface area contributed by atoms with Crippen LogP contribution in [-0.4, -0.2) is 79.3 Å². The number of carbonyl (C=O) groups is 4. The zero-order valence-corrected chi connectivity index (χ0v) is 16.0. The van der Waals surface area contributed by atoms with E-state index in [4.69, 9.17) is 10.2 Å². The van der Waals surface area contributed by atoms with Gasteiger partial charge in [0.25, 0.3) is 0 Å². The molecule has 0 fully saturated rings. The lowest BCUT2D eigenvalue weighted by Gasteiger charge is -2.08. The van der Waals surface area contributed by atoms with Gasteiger partial charge < -0.3 is 20.4 Å². The number of rotatable bonds is 10. The summed E-state index contributed by atoms with van der Waals surface area (Å²) in [5.74, 6) is -5.42. The average molecular weight is 445 g/mol. The lowest BCUT2D eigenvalue weighted by atomic mass is 10.2. The van der Waals surface area contributed by atoms with Crippen LogP contribution in [0.4, 0.5) is 0 Å². The first kappa shape index (κ1) is 22.0. The zero-order valence-electron chi connectivity index (χ0n) is 16.0.